The fraction of sp³-hybridized carbons (Fsp3) is 0.417. The molecule has 1 aliphatic carbocycles. The highest BCUT2D eigenvalue weighted by molar-refractivity contribution is 7.99. The predicted octanol–water partition coefficient (Wildman–Crippen LogP) is 4.44. The van der Waals surface area contributed by atoms with Crippen LogP contribution >= 0.6 is 11.8 Å². The summed E-state index contributed by atoms with van der Waals surface area (Å²) in [6.45, 7) is 1.67. The molecule has 0 unspecified atom stereocenters. The van der Waals surface area contributed by atoms with Gasteiger partial charge in [-0.15, -0.1) is 11.8 Å². The molecule has 0 aromatic heterocycles. The van der Waals surface area contributed by atoms with E-state index >= 15 is 0 Å². The van der Waals surface area contributed by atoms with Crippen molar-refractivity contribution in [3.05, 3.63) is 75.6 Å². The molecular weight excluding hydrogens is 445 g/mol. The van der Waals surface area contributed by atoms with Gasteiger partial charge in [0, 0.05) is 36.0 Å². The average molecular weight is 474 g/mol. The Kier molecular flexibility index (Phi) is 8.82. The molecule has 0 aliphatic heterocycles. The number of carbonyl (C=O) groups is 2. The van der Waals surface area contributed by atoms with Crippen molar-refractivity contribution in [2.75, 3.05) is 5.75 Å². The summed E-state index contributed by atoms with van der Waals surface area (Å²) in [6.07, 6.45) is 4.03. The van der Waals surface area contributed by atoms with Crippen LogP contribution < -0.4 is 5.32 Å². The van der Waals surface area contributed by atoms with E-state index in [4.69, 9.17) is 0 Å². The second-order valence-corrected chi connectivity index (χ2v) is 9.18. The number of nitro groups is 1. The largest absolute Gasteiger partial charge is 0.352 e. The lowest BCUT2D eigenvalue weighted by atomic mass is 10.1. The molecule has 9 heteroatoms. The Hall–Kier alpha value is -2.94. The molecule has 2 amide bonds. The third-order valence-corrected chi connectivity index (χ3v) is 6.80. The van der Waals surface area contributed by atoms with E-state index in [9.17, 15) is 24.1 Å². The minimum absolute atomic E-state index is 0.00283. The van der Waals surface area contributed by atoms with E-state index in [0.717, 1.165) is 31.2 Å². The average Bonchev–Trinajstić information content (AvgIpc) is 3.31. The van der Waals surface area contributed by atoms with Crippen LogP contribution in [0.2, 0.25) is 0 Å². The number of rotatable bonds is 10. The molecule has 2 aromatic carbocycles. The molecule has 1 aliphatic rings. The van der Waals surface area contributed by atoms with Gasteiger partial charge in [-0.1, -0.05) is 43.2 Å². The summed E-state index contributed by atoms with van der Waals surface area (Å²) in [5, 5.41) is 13.8. The van der Waals surface area contributed by atoms with E-state index in [1.54, 1.807) is 37.3 Å². The number of hydrogen-bond acceptors (Lipinski definition) is 5. The van der Waals surface area contributed by atoms with E-state index in [2.05, 4.69) is 5.32 Å². The fourth-order valence-electron chi connectivity index (χ4n) is 3.84. The number of halogens is 1. The maximum atomic E-state index is 14.3. The van der Waals surface area contributed by atoms with E-state index in [1.807, 2.05) is 0 Å². The summed E-state index contributed by atoms with van der Waals surface area (Å²) in [7, 11) is 0. The Morgan fingerprint density at radius 2 is 1.85 bits per heavy atom. The van der Waals surface area contributed by atoms with Crippen LogP contribution in [0.1, 0.15) is 43.7 Å². The van der Waals surface area contributed by atoms with E-state index in [0.29, 0.717) is 11.3 Å². The maximum absolute atomic E-state index is 14.3. The van der Waals surface area contributed by atoms with Gasteiger partial charge in [0.1, 0.15) is 11.9 Å². The lowest BCUT2D eigenvalue weighted by molar-refractivity contribution is -0.384. The molecular formula is C24H28FN3O4S. The first-order chi connectivity index (χ1) is 15.8. The number of nitrogens with zero attached hydrogens (tertiary/aromatic N) is 2. The van der Waals surface area contributed by atoms with Crippen LogP contribution in [0, 0.1) is 15.9 Å². The number of carbonyl (C=O) groups excluding carboxylic acids is 2. The molecule has 0 spiro atoms. The van der Waals surface area contributed by atoms with E-state index in [-0.39, 0.29) is 35.8 Å². The lowest BCUT2D eigenvalue weighted by Crippen LogP contribution is -2.50. The Morgan fingerprint density at radius 3 is 2.48 bits per heavy atom. The first-order valence-corrected chi connectivity index (χ1v) is 12.1. The van der Waals surface area contributed by atoms with Crippen molar-refractivity contribution in [3.63, 3.8) is 0 Å². The van der Waals surface area contributed by atoms with Gasteiger partial charge in [-0.2, -0.15) is 0 Å². The topological polar surface area (TPSA) is 92.6 Å². The Labute approximate surface area is 196 Å². The summed E-state index contributed by atoms with van der Waals surface area (Å²) in [5.41, 5.74) is 1.22. The molecule has 176 valence electrons. The minimum Gasteiger partial charge on any atom is -0.352 e. The van der Waals surface area contributed by atoms with Crippen LogP contribution in [0.25, 0.3) is 0 Å². The summed E-state index contributed by atoms with van der Waals surface area (Å²) < 4.78 is 14.3. The van der Waals surface area contributed by atoms with Crippen molar-refractivity contribution in [1.29, 1.82) is 0 Å². The fourth-order valence-corrected chi connectivity index (χ4v) is 4.71. The molecule has 0 saturated heterocycles. The molecule has 2 aromatic rings. The van der Waals surface area contributed by atoms with Gasteiger partial charge in [-0.25, -0.2) is 4.39 Å². The Morgan fingerprint density at radius 1 is 1.18 bits per heavy atom. The normalized spacial score (nSPS) is 14.6. The first kappa shape index (κ1) is 24.7. The van der Waals surface area contributed by atoms with Crippen LogP contribution in [0.4, 0.5) is 10.1 Å². The number of benzene rings is 2. The van der Waals surface area contributed by atoms with Gasteiger partial charge in [0.15, 0.2) is 0 Å². The number of hydrogen-bond donors (Lipinski definition) is 1. The van der Waals surface area contributed by atoms with Gasteiger partial charge < -0.3 is 10.2 Å². The van der Waals surface area contributed by atoms with Gasteiger partial charge in [0.05, 0.1) is 10.7 Å². The van der Waals surface area contributed by atoms with Crippen LogP contribution in [0.15, 0.2) is 48.5 Å². The molecule has 7 nitrogen and oxygen atoms in total. The van der Waals surface area contributed by atoms with Gasteiger partial charge in [0.2, 0.25) is 11.8 Å². The second-order valence-electron chi connectivity index (χ2n) is 8.20. The van der Waals surface area contributed by atoms with Crippen LogP contribution in [-0.2, 0) is 21.9 Å². The van der Waals surface area contributed by atoms with Gasteiger partial charge in [-0.3, -0.25) is 19.7 Å². The summed E-state index contributed by atoms with van der Waals surface area (Å²) in [4.78, 5) is 37.7. The van der Waals surface area contributed by atoms with E-state index < -0.39 is 16.8 Å². The Balaban J connectivity index is 1.64. The minimum atomic E-state index is -0.738. The third kappa shape index (κ3) is 7.02. The number of nitrogens with one attached hydrogen (secondary N) is 1. The smallest absolute Gasteiger partial charge is 0.269 e. The maximum Gasteiger partial charge on any atom is 0.269 e. The van der Waals surface area contributed by atoms with E-state index in [1.165, 1.54) is 34.9 Å². The van der Waals surface area contributed by atoms with Gasteiger partial charge in [0.25, 0.3) is 5.69 Å². The van der Waals surface area contributed by atoms with Crippen LogP contribution in [-0.4, -0.2) is 39.5 Å². The highest BCUT2D eigenvalue weighted by atomic mass is 32.2. The molecule has 1 saturated carbocycles. The molecule has 1 N–H and O–H groups in total. The molecule has 0 heterocycles. The number of amides is 2. The summed E-state index contributed by atoms with van der Waals surface area (Å²) >= 11 is 1.35. The standard InChI is InChI=1S/C24H28FN3O4S/c1-17(24(30)26-20-7-3-4-8-20)27(14-19-6-2-5-9-22(19)25)23(29)16-33-15-18-10-12-21(13-11-18)28(31)32/h2,5-6,9-13,17,20H,3-4,7-8,14-16H2,1H3,(H,26,30)/t17-/m1/s1. The van der Waals surface area contributed by atoms with Crippen molar-refractivity contribution in [2.45, 2.75) is 57.0 Å². The molecule has 1 atom stereocenters. The highest BCUT2D eigenvalue weighted by Gasteiger charge is 2.28. The highest BCUT2D eigenvalue weighted by Crippen LogP contribution is 2.21. The Bertz CT molecular complexity index is 980. The number of thioether (sulfide) groups is 1. The number of non-ortho nitro benzene ring substituents is 1. The SMILES string of the molecule is C[C@H](C(=O)NC1CCCC1)N(Cc1ccccc1F)C(=O)CSCc1ccc([N+](=O)[O-])cc1. The van der Waals surface area contributed by atoms with Gasteiger partial charge in [-0.05, 0) is 31.4 Å². The molecule has 3 rings (SSSR count). The van der Waals surface area contributed by atoms with Crippen molar-refractivity contribution >= 4 is 29.3 Å². The summed E-state index contributed by atoms with van der Waals surface area (Å²) in [5.74, 6) is -0.324. The summed E-state index contributed by atoms with van der Waals surface area (Å²) in [6, 6.07) is 11.8. The molecule has 0 bridgehead atoms. The van der Waals surface area contributed by atoms with Crippen molar-refractivity contribution in [1.82, 2.24) is 10.2 Å². The lowest BCUT2D eigenvalue weighted by Gasteiger charge is -2.29. The zero-order chi connectivity index (χ0) is 23.8. The predicted molar refractivity (Wildman–Crippen MR) is 126 cm³/mol. The van der Waals surface area contributed by atoms with Gasteiger partial charge >= 0.3 is 0 Å². The molecule has 1 fully saturated rings. The second kappa shape index (κ2) is 11.8. The van der Waals surface area contributed by atoms with Crippen LogP contribution in [0.3, 0.4) is 0 Å². The van der Waals surface area contributed by atoms with Crippen molar-refractivity contribution in [2.24, 2.45) is 0 Å². The zero-order valence-electron chi connectivity index (χ0n) is 18.5. The molecule has 0 radical (unpaired) electrons. The first-order valence-electron chi connectivity index (χ1n) is 11.0. The number of nitro benzene ring substituents is 1. The monoisotopic (exact) mass is 473 g/mol. The van der Waals surface area contributed by atoms with Crippen molar-refractivity contribution < 1.29 is 18.9 Å². The van der Waals surface area contributed by atoms with Crippen LogP contribution in [0.5, 0.6) is 0 Å². The zero-order valence-corrected chi connectivity index (χ0v) is 19.4. The third-order valence-electron chi connectivity index (χ3n) is 5.81. The molecule has 33 heavy (non-hydrogen) atoms. The quantitative estimate of drug-likeness (QED) is 0.407. The van der Waals surface area contributed by atoms with Crippen molar-refractivity contribution in [3.8, 4) is 0 Å².